The Kier molecular flexibility index (Phi) is 7.10. The average molecular weight is 494 g/mol. The van der Waals surface area contributed by atoms with Crippen LogP contribution in [0.3, 0.4) is 0 Å². The van der Waals surface area contributed by atoms with E-state index in [1.165, 1.54) is 0 Å². The van der Waals surface area contributed by atoms with Crippen LogP contribution >= 0.6 is 23.8 Å². The van der Waals surface area contributed by atoms with Crippen molar-refractivity contribution in [2.75, 3.05) is 19.5 Å². The highest BCUT2D eigenvalue weighted by Crippen LogP contribution is 2.38. The normalized spacial score (nSPS) is 10.4. The minimum Gasteiger partial charge on any atom is -0.493 e. The van der Waals surface area contributed by atoms with E-state index in [0.717, 1.165) is 5.39 Å². The van der Waals surface area contributed by atoms with Crippen molar-refractivity contribution in [3.63, 3.8) is 0 Å². The van der Waals surface area contributed by atoms with Crippen LogP contribution in [0.1, 0.15) is 10.4 Å². The van der Waals surface area contributed by atoms with E-state index in [0.29, 0.717) is 44.8 Å². The van der Waals surface area contributed by atoms with E-state index in [-0.39, 0.29) is 11.0 Å². The number of amides is 1. The maximum absolute atomic E-state index is 12.3. The number of nitrogens with one attached hydrogen (secondary N) is 2. The summed E-state index contributed by atoms with van der Waals surface area (Å²) in [5.41, 5.74) is 1.79. The van der Waals surface area contributed by atoms with Crippen LogP contribution in [-0.4, -0.2) is 30.2 Å². The molecule has 0 spiro atoms. The third-order valence-electron chi connectivity index (χ3n) is 4.88. The van der Waals surface area contributed by atoms with Gasteiger partial charge in [0.15, 0.2) is 16.6 Å². The maximum atomic E-state index is 12.3. The number of methoxy groups -OCH3 is 2. The van der Waals surface area contributed by atoms with Crippen LogP contribution in [0.2, 0.25) is 5.02 Å². The Morgan fingerprint density at radius 2 is 1.65 bits per heavy atom. The van der Waals surface area contributed by atoms with Gasteiger partial charge in [0, 0.05) is 28.9 Å². The lowest BCUT2D eigenvalue weighted by Crippen LogP contribution is -2.34. The molecule has 0 aliphatic rings. The zero-order chi connectivity index (χ0) is 24.1. The fourth-order valence-electron chi connectivity index (χ4n) is 3.24. The number of pyridine rings is 1. The second-order valence-electron chi connectivity index (χ2n) is 7.05. The predicted molar refractivity (Wildman–Crippen MR) is 137 cm³/mol. The van der Waals surface area contributed by atoms with Gasteiger partial charge >= 0.3 is 0 Å². The summed E-state index contributed by atoms with van der Waals surface area (Å²) in [7, 11) is 3.13. The number of ether oxygens (including phenoxy) is 3. The van der Waals surface area contributed by atoms with Crippen LogP contribution in [0.4, 0.5) is 5.69 Å². The molecule has 0 aliphatic carbocycles. The predicted octanol–water partition coefficient (Wildman–Crippen LogP) is 5.82. The molecule has 0 bridgehead atoms. The molecule has 0 fully saturated rings. The molecule has 4 rings (SSSR count). The van der Waals surface area contributed by atoms with E-state index in [4.69, 9.17) is 38.0 Å². The summed E-state index contributed by atoms with van der Waals surface area (Å²) in [5.74, 6) is 1.82. The summed E-state index contributed by atoms with van der Waals surface area (Å²) in [6.07, 6.45) is 1.64. The van der Waals surface area contributed by atoms with E-state index < -0.39 is 0 Å². The molecule has 3 aromatic carbocycles. The van der Waals surface area contributed by atoms with Crippen LogP contribution in [0, 0.1) is 0 Å². The van der Waals surface area contributed by atoms with E-state index in [1.54, 1.807) is 81.1 Å². The molecule has 0 saturated heterocycles. The molecule has 7 nitrogen and oxygen atoms in total. The average Bonchev–Trinajstić information content (AvgIpc) is 2.85. The van der Waals surface area contributed by atoms with Crippen LogP contribution in [-0.2, 0) is 0 Å². The molecule has 0 radical (unpaired) electrons. The molecule has 34 heavy (non-hydrogen) atoms. The zero-order valence-electron chi connectivity index (χ0n) is 18.3. The molecule has 2 N–H and O–H groups in total. The lowest BCUT2D eigenvalue weighted by Gasteiger charge is -2.14. The Morgan fingerprint density at radius 3 is 2.35 bits per heavy atom. The van der Waals surface area contributed by atoms with Crippen molar-refractivity contribution in [1.29, 1.82) is 0 Å². The first-order valence-corrected chi connectivity index (χ1v) is 10.9. The molecule has 1 heterocycles. The van der Waals surface area contributed by atoms with Crippen molar-refractivity contribution >= 4 is 51.4 Å². The number of carbonyl (C=O) groups is 1. The highest BCUT2D eigenvalue weighted by molar-refractivity contribution is 7.80. The Hall–Kier alpha value is -3.88. The molecule has 9 heteroatoms. The monoisotopic (exact) mass is 493 g/mol. The second kappa shape index (κ2) is 10.4. The first-order valence-electron chi connectivity index (χ1n) is 10.1. The lowest BCUT2D eigenvalue weighted by molar-refractivity contribution is 0.0977. The largest absolute Gasteiger partial charge is 0.493 e. The minimum absolute atomic E-state index is 0.153. The Labute approximate surface area is 206 Å². The number of thiocarbonyl (C=S) groups is 1. The van der Waals surface area contributed by atoms with Gasteiger partial charge in [-0.1, -0.05) is 29.8 Å². The number of rotatable bonds is 6. The van der Waals surface area contributed by atoms with Crippen LogP contribution in [0.15, 0.2) is 72.9 Å². The summed E-state index contributed by atoms with van der Waals surface area (Å²) >= 11 is 11.7. The maximum Gasteiger partial charge on any atom is 0.257 e. The molecule has 1 aromatic heterocycles. The van der Waals surface area contributed by atoms with Gasteiger partial charge in [0.05, 0.1) is 24.8 Å². The van der Waals surface area contributed by atoms with Crippen molar-refractivity contribution in [2.24, 2.45) is 0 Å². The van der Waals surface area contributed by atoms with E-state index in [1.807, 2.05) is 6.07 Å². The molecule has 0 unspecified atom stereocenters. The van der Waals surface area contributed by atoms with Crippen molar-refractivity contribution in [2.45, 2.75) is 0 Å². The fourth-order valence-corrected chi connectivity index (χ4v) is 3.67. The van der Waals surface area contributed by atoms with Gasteiger partial charge < -0.3 is 19.5 Å². The summed E-state index contributed by atoms with van der Waals surface area (Å²) in [6, 6.07) is 19.2. The molecule has 172 valence electrons. The van der Waals surface area contributed by atoms with E-state index in [2.05, 4.69) is 15.6 Å². The summed E-state index contributed by atoms with van der Waals surface area (Å²) in [6.45, 7) is 0. The Bertz CT molecular complexity index is 1370. The SMILES string of the molecule is COc1cc2nccc(Oc3ccc(NC(=S)NC(=O)c4ccccc4)cc3Cl)c2cc1OC. The van der Waals surface area contributed by atoms with Crippen LogP contribution in [0.25, 0.3) is 10.9 Å². The number of nitrogens with zero attached hydrogens (tertiary/aromatic N) is 1. The number of halogens is 1. The van der Waals surface area contributed by atoms with Gasteiger partial charge in [-0.15, -0.1) is 0 Å². The summed E-state index contributed by atoms with van der Waals surface area (Å²) in [5, 5.41) is 6.83. The fraction of sp³-hybridized carbons (Fsp3) is 0.0800. The van der Waals surface area contributed by atoms with Gasteiger partial charge in [-0.05, 0) is 54.7 Å². The highest BCUT2D eigenvalue weighted by Gasteiger charge is 2.13. The summed E-state index contributed by atoms with van der Waals surface area (Å²) < 4.78 is 16.8. The number of hydrogen-bond acceptors (Lipinski definition) is 6. The third-order valence-corrected chi connectivity index (χ3v) is 5.38. The topological polar surface area (TPSA) is 81.7 Å². The smallest absolute Gasteiger partial charge is 0.257 e. The number of fused-ring (bicyclic) bond motifs is 1. The Morgan fingerprint density at radius 1 is 0.912 bits per heavy atom. The van der Waals surface area contributed by atoms with Gasteiger partial charge in [0.2, 0.25) is 0 Å². The van der Waals surface area contributed by atoms with Crippen LogP contribution in [0.5, 0.6) is 23.0 Å². The minimum atomic E-state index is -0.305. The van der Waals surface area contributed by atoms with E-state index >= 15 is 0 Å². The second-order valence-corrected chi connectivity index (χ2v) is 7.87. The van der Waals surface area contributed by atoms with Gasteiger partial charge in [0.25, 0.3) is 5.91 Å². The Balaban J connectivity index is 1.50. The molecule has 0 saturated carbocycles. The molecule has 0 aliphatic heterocycles. The molecular weight excluding hydrogens is 474 g/mol. The molecule has 4 aromatic rings. The first-order chi connectivity index (χ1) is 16.5. The van der Waals surface area contributed by atoms with Gasteiger partial charge in [0.1, 0.15) is 11.5 Å². The van der Waals surface area contributed by atoms with Crippen molar-refractivity contribution in [1.82, 2.24) is 10.3 Å². The number of carbonyl (C=O) groups excluding carboxylic acids is 1. The first kappa shape index (κ1) is 23.3. The number of benzene rings is 3. The molecule has 0 atom stereocenters. The van der Waals surface area contributed by atoms with E-state index in [9.17, 15) is 4.79 Å². The van der Waals surface area contributed by atoms with Crippen molar-refractivity contribution in [3.05, 3.63) is 83.5 Å². The highest BCUT2D eigenvalue weighted by atomic mass is 35.5. The van der Waals surface area contributed by atoms with Crippen LogP contribution < -0.4 is 24.8 Å². The van der Waals surface area contributed by atoms with Gasteiger partial charge in [-0.3, -0.25) is 15.1 Å². The standard InChI is InChI=1S/C25H20ClN3O4S/c1-31-22-13-17-19(14-23(22)32-2)27-11-10-20(17)33-21-9-8-16(12-18(21)26)28-25(34)29-24(30)15-6-4-3-5-7-15/h3-14H,1-2H3,(H2,28,29,30,34). The third kappa shape index (κ3) is 5.19. The number of aromatic nitrogens is 1. The molecular formula is C25H20ClN3O4S. The number of hydrogen-bond donors (Lipinski definition) is 2. The lowest BCUT2D eigenvalue weighted by atomic mass is 10.2. The quantitative estimate of drug-likeness (QED) is 0.327. The summed E-state index contributed by atoms with van der Waals surface area (Å²) in [4.78, 5) is 16.6. The van der Waals surface area contributed by atoms with Gasteiger partial charge in [-0.2, -0.15) is 0 Å². The zero-order valence-corrected chi connectivity index (χ0v) is 19.9. The van der Waals surface area contributed by atoms with Gasteiger partial charge in [-0.25, -0.2) is 0 Å². The van der Waals surface area contributed by atoms with Crippen molar-refractivity contribution < 1.29 is 19.0 Å². The molecule has 1 amide bonds. The van der Waals surface area contributed by atoms with Crippen molar-refractivity contribution in [3.8, 4) is 23.0 Å². The number of anilines is 1.